The molecule has 0 saturated carbocycles. The van der Waals surface area contributed by atoms with Crippen LogP contribution in [-0.2, 0) is 9.53 Å². The first kappa shape index (κ1) is 18.0. The summed E-state index contributed by atoms with van der Waals surface area (Å²) < 4.78 is 10.3. The van der Waals surface area contributed by atoms with Crippen molar-refractivity contribution < 1.29 is 24.0 Å². The summed E-state index contributed by atoms with van der Waals surface area (Å²) in [6, 6.07) is 7.84. The van der Waals surface area contributed by atoms with Gasteiger partial charge < -0.3 is 14.4 Å². The predicted molar refractivity (Wildman–Crippen MR) is 83.1 cm³/mol. The number of rotatable bonds is 8. The van der Waals surface area contributed by atoms with E-state index in [1.54, 1.807) is 6.92 Å². The molecule has 0 radical (unpaired) electrons. The molecule has 0 fully saturated rings. The Morgan fingerprint density at radius 3 is 2.68 bits per heavy atom. The Balaban J connectivity index is 2.32. The van der Waals surface area contributed by atoms with Crippen LogP contribution in [0.2, 0.25) is 0 Å². The minimum atomic E-state index is -0.695. The van der Waals surface area contributed by atoms with E-state index in [1.807, 2.05) is 38.1 Å². The number of benzene rings is 1. The van der Waals surface area contributed by atoms with Crippen molar-refractivity contribution in [1.29, 1.82) is 0 Å². The van der Waals surface area contributed by atoms with Gasteiger partial charge in [-0.15, -0.1) is 0 Å². The summed E-state index contributed by atoms with van der Waals surface area (Å²) in [6.45, 7) is 8.11. The topological polar surface area (TPSA) is 69.1 Å². The fraction of sp³-hybridized carbons (Fsp3) is 0.500. The monoisotopic (exact) mass is 309 g/mol. The van der Waals surface area contributed by atoms with Crippen LogP contribution in [0.15, 0.2) is 24.3 Å². The number of likely N-dealkylation sites (N-methyl/N-ethyl adjacent to an activating group) is 1. The highest BCUT2D eigenvalue weighted by atomic mass is 16.5. The third kappa shape index (κ3) is 7.08. The molecule has 0 spiro atoms. The van der Waals surface area contributed by atoms with Gasteiger partial charge in [0.15, 0.2) is 6.54 Å². The summed E-state index contributed by atoms with van der Waals surface area (Å²) in [5, 5.41) is 2.20. The third-order valence-electron chi connectivity index (χ3n) is 3.14. The van der Waals surface area contributed by atoms with Crippen molar-refractivity contribution in [2.24, 2.45) is 0 Å². The smallest absolute Gasteiger partial charge is 0.414 e. The number of hydrogen-bond donors (Lipinski definition) is 2. The maximum atomic E-state index is 11.7. The predicted octanol–water partition coefficient (Wildman–Crippen LogP) is 0.551. The Bertz CT molecular complexity index is 491. The van der Waals surface area contributed by atoms with Crippen LogP contribution in [-0.4, -0.2) is 44.8 Å². The molecule has 1 rings (SSSR count). The van der Waals surface area contributed by atoms with E-state index in [0.717, 1.165) is 22.8 Å². The number of amides is 2. The van der Waals surface area contributed by atoms with E-state index in [1.165, 1.54) is 0 Å². The lowest BCUT2D eigenvalue weighted by atomic mass is 10.2. The van der Waals surface area contributed by atoms with Gasteiger partial charge in [0.2, 0.25) is 0 Å². The summed E-state index contributed by atoms with van der Waals surface area (Å²) in [5.41, 5.74) is 1.14. The van der Waals surface area contributed by atoms with Gasteiger partial charge in [-0.1, -0.05) is 12.1 Å². The van der Waals surface area contributed by atoms with Gasteiger partial charge in [-0.2, -0.15) is 0 Å². The molecular formula is C16H25N2O4+. The van der Waals surface area contributed by atoms with Crippen molar-refractivity contribution in [1.82, 2.24) is 5.32 Å². The summed E-state index contributed by atoms with van der Waals surface area (Å²) in [7, 11) is 0. The Hall–Kier alpha value is -2.08. The largest absolute Gasteiger partial charge is 0.488 e. The average Bonchev–Trinajstić information content (AvgIpc) is 2.46. The summed E-state index contributed by atoms with van der Waals surface area (Å²) in [5.74, 6) is 0.484. The number of hydrogen-bond acceptors (Lipinski definition) is 4. The van der Waals surface area contributed by atoms with E-state index in [4.69, 9.17) is 4.74 Å². The van der Waals surface area contributed by atoms with Gasteiger partial charge in [-0.05, 0) is 38.5 Å². The molecule has 2 amide bonds. The van der Waals surface area contributed by atoms with Crippen molar-refractivity contribution >= 4 is 12.0 Å². The first-order valence-electron chi connectivity index (χ1n) is 7.54. The Labute approximate surface area is 131 Å². The normalized spacial score (nSPS) is 11.6. The number of aryl methyl sites for hydroxylation is 1. The molecule has 1 unspecified atom stereocenters. The second kappa shape index (κ2) is 9.78. The number of alkyl carbamates (subject to hydrolysis) is 1. The molecule has 1 atom stereocenters. The van der Waals surface area contributed by atoms with Crippen LogP contribution in [0.5, 0.6) is 5.75 Å². The molecule has 0 bridgehead atoms. The van der Waals surface area contributed by atoms with Crippen LogP contribution in [0.4, 0.5) is 4.79 Å². The summed E-state index contributed by atoms with van der Waals surface area (Å²) >= 11 is 0. The fourth-order valence-electron chi connectivity index (χ4n) is 1.96. The lowest BCUT2D eigenvalue weighted by molar-refractivity contribution is -0.890. The van der Waals surface area contributed by atoms with Crippen molar-refractivity contribution in [2.45, 2.75) is 20.8 Å². The third-order valence-corrected chi connectivity index (χ3v) is 3.14. The number of ether oxygens (including phenoxy) is 2. The standard InChI is InChI=1S/C16H24N2O4/c1-4-18(12-15(19)17-16(20)21-5-2)9-10-22-14-8-6-7-13(3)11-14/h6-8,11H,4-5,9-10,12H2,1-3H3,(H,17,19,20)/p+1. The zero-order valence-corrected chi connectivity index (χ0v) is 13.5. The molecular weight excluding hydrogens is 284 g/mol. The molecule has 6 heteroatoms. The van der Waals surface area contributed by atoms with Gasteiger partial charge in [0.25, 0.3) is 5.91 Å². The van der Waals surface area contributed by atoms with Crippen LogP contribution < -0.4 is 15.0 Å². The highest BCUT2D eigenvalue weighted by Gasteiger charge is 2.15. The number of carbonyl (C=O) groups is 2. The van der Waals surface area contributed by atoms with Crippen LogP contribution in [0, 0.1) is 6.92 Å². The maximum Gasteiger partial charge on any atom is 0.414 e. The molecule has 0 aliphatic carbocycles. The van der Waals surface area contributed by atoms with E-state index >= 15 is 0 Å². The van der Waals surface area contributed by atoms with Crippen molar-refractivity contribution in [3.63, 3.8) is 0 Å². The highest BCUT2D eigenvalue weighted by Crippen LogP contribution is 2.11. The zero-order chi connectivity index (χ0) is 16.4. The summed E-state index contributed by atoms with van der Waals surface area (Å²) in [6.07, 6.45) is -0.695. The minimum absolute atomic E-state index is 0.215. The second-order valence-electron chi connectivity index (χ2n) is 4.96. The molecule has 1 aromatic rings. The molecule has 0 aliphatic rings. The Morgan fingerprint density at radius 2 is 2.05 bits per heavy atom. The summed E-state index contributed by atoms with van der Waals surface area (Å²) in [4.78, 5) is 23.9. The fourth-order valence-corrected chi connectivity index (χ4v) is 1.96. The number of quaternary nitrogens is 1. The molecule has 1 aromatic carbocycles. The zero-order valence-electron chi connectivity index (χ0n) is 13.5. The quantitative estimate of drug-likeness (QED) is 0.736. The van der Waals surface area contributed by atoms with Crippen LogP contribution in [0.3, 0.4) is 0 Å². The molecule has 0 aliphatic heterocycles. The Morgan fingerprint density at radius 1 is 1.27 bits per heavy atom. The van der Waals surface area contributed by atoms with Gasteiger partial charge in [0.05, 0.1) is 13.2 Å². The van der Waals surface area contributed by atoms with E-state index in [9.17, 15) is 9.59 Å². The van der Waals surface area contributed by atoms with Gasteiger partial charge in [0, 0.05) is 0 Å². The number of carbonyl (C=O) groups excluding carboxylic acids is 2. The lowest BCUT2D eigenvalue weighted by Gasteiger charge is -2.17. The minimum Gasteiger partial charge on any atom is -0.488 e. The Kier molecular flexibility index (Phi) is 7.99. The highest BCUT2D eigenvalue weighted by molar-refractivity contribution is 5.92. The van der Waals surface area contributed by atoms with Gasteiger partial charge in [-0.3, -0.25) is 10.1 Å². The maximum absolute atomic E-state index is 11.7. The second-order valence-corrected chi connectivity index (χ2v) is 4.96. The van der Waals surface area contributed by atoms with Gasteiger partial charge >= 0.3 is 6.09 Å². The average molecular weight is 309 g/mol. The lowest BCUT2D eigenvalue weighted by Crippen LogP contribution is -3.13. The van der Waals surface area contributed by atoms with E-state index < -0.39 is 6.09 Å². The van der Waals surface area contributed by atoms with Gasteiger partial charge in [0.1, 0.15) is 18.9 Å². The van der Waals surface area contributed by atoms with E-state index in [0.29, 0.717) is 13.2 Å². The van der Waals surface area contributed by atoms with Crippen LogP contribution in [0.1, 0.15) is 19.4 Å². The first-order valence-corrected chi connectivity index (χ1v) is 7.54. The SMILES string of the molecule is CCOC(=O)NC(=O)C[NH+](CC)CCOc1cccc(C)c1. The molecule has 0 saturated heterocycles. The molecule has 0 heterocycles. The van der Waals surface area contributed by atoms with Crippen LogP contribution in [0.25, 0.3) is 0 Å². The molecule has 0 aromatic heterocycles. The van der Waals surface area contributed by atoms with E-state index in [2.05, 4.69) is 10.1 Å². The first-order chi connectivity index (χ1) is 10.5. The van der Waals surface area contributed by atoms with Crippen molar-refractivity contribution in [3.05, 3.63) is 29.8 Å². The van der Waals surface area contributed by atoms with Crippen molar-refractivity contribution in [2.75, 3.05) is 32.8 Å². The van der Waals surface area contributed by atoms with E-state index in [-0.39, 0.29) is 19.1 Å². The molecule has 22 heavy (non-hydrogen) atoms. The van der Waals surface area contributed by atoms with Crippen molar-refractivity contribution in [3.8, 4) is 5.75 Å². The number of nitrogens with one attached hydrogen (secondary N) is 2. The number of imide groups is 1. The molecule has 6 nitrogen and oxygen atoms in total. The molecule has 122 valence electrons. The molecule has 2 N–H and O–H groups in total. The van der Waals surface area contributed by atoms with Gasteiger partial charge in [-0.25, -0.2) is 4.79 Å². The van der Waals surface area contributed by atoms with Crippen LogP contribution >= 0.6 is 0 Å².